The molecule has 1 atom stereocenters. The third kappa shape index (κ3) is 4.70. The summed E-state index contributed by atoms with van der Waals surface area (Å²) in [5, 5.41) is 10.8. The molecule has 2 heterocycles. The maximum atomic E-state index is 10.8. The smallest absolute Gasteiger partial charge is 0.118 e. The molecule has 4 aromatic rings. The zero-order chi connectivity index (χ0) is 22.6. The zero-order valence-electron chi connectivity index (χ0n) is 18.9. The van der Waals surface area contributed by atoms with Gasteiger partial charge in [0.1, 0.15) is 11.6 Å². The zero-order valence-corrected chi connectivity index (χ0v) is 18.9. The summed E-state index contributed by atoms with van der Waals surface area (Å²) in [6.07, 6.45) is 1.15. The molecule has 168 valence electrons. The van der Waals surface area contributed by atoms with Crippen LogP contribution in [0.2, 0.25) is 0 Å². The number of imidazole rings is 1. The monoisotopic (exact) mass is 439 g/mol. The average Bonchev–Trinajstić information content (AvgIpc) is 3.22. The van der Waals surface area contributed by atoms with Crippen LogP contribution >= 0.6 is 0 Å². The van der Waals surface area contributed by atoms with Gasteiger partial charge in [0, 0.05) is 43.9 Å². The molecule has 0 fully saturated rings. The van der Waals surface area contributed by atoms with Crippen molar-refractivity contribution in [1.82, 2.24) is 14.5 Å². The van der Waals surface area contributed by atoms with E-state index in [1.165, 1.54) is 11.3 Å². The topological polar surface area (TPSA) is 50.5 Å². The number of aliphatic hydroxyl groups is 1. The maximum Gasteiger partial charge on any atom is 0.118 e. The third-order valence-electron chi connectivity index (χ3n) is 6.31. The Labute approximate surface area is 194 Å². The molecule has 0 saturated carbocycles. The van der Waals surface area contributed by atoms with E-state index in [1.54, 1.807) is 7.11 Å². The normalized spacial score (nSPS) is 14.6. The molecule has 0 spiro atoms. The fraction of sp³-hybridized carbons (Fsp3) is 0.250. The summed E-state index contributed by atoms with van der Waals surface area (Å²) >= 11 is 0. The first-order chi connectivity index (χ1) is 16.2. The van der Waals surface area contributed by atoms with Crippen LogP contribution in [0.25, 0.3) is 5.69 Å². The van der Waals surface area contributed by atoms with Gasteiger partial charge in [-0.1, -0.05) is 60.7 Å². The Morgan fingerprint density at radius 2 is 1.64 bits per heavy atom. The van der Waals surface area contributed by atoms with E-state index >= 15 is 0 Å². The second kappa shape index (κ2) is 9.61. The lowest BCUT2D eigenvalue weighted by atomic mass is 10.1. The summed E-state index contributed by atoms with van der Waals surface area (Å²) in [6.45, 7) is 2.21. The number of nitrogens with zero attached hydrogens (tertiary/aromatic N) is 3. The Morgan fingerprint density at radius 3 is 2.33 bits per heavy atom. The number of hydrogen-bond donors (Lipinski definition) is 1. The van der Waals surface area contributed by atoms with Crippen LogP contribution in [-0.2, 0) is 19.4 Å². The molecule has 5 rings (SSSR count). The van der Waals surface area contributed by atoms with E-state index in [0.29, 0.717) is 6.54 Å². The van der Waals surface area contributed by atoms with E-state index in [0.717, 1.165) is 54.4 Å². The van der Waals surface area contributed by atoms with Crippen molar-refractivity contribution in [2.24, 2.45) is 0 Å². The van der Waals surface area contributed by atoms with Crippen LogP contribution in [-0.4, -0.2) is 39.8 Å². The average molecular weight is 440 g/mol. The van der Waals surface area contributed by atoms with Crippen molar-refractivity contribution in [1.29, 1.82) is 0 Å². The Hall–Kier alpha value is -3.41. The SMILES string of the molecule is COc1ccc(C(O)CN2CCc3c(nc(Cc4ccccc4)n3-c3ccccc3)C2)cc1. The van der Waals surface area contributed by atoms with Gasteiger partial charge in [0.25, 0.3) is 0 Å². The van der Waals surface area contributed by atoms with Gasteiger partial charge in [-0.25, -0.2) is 4.98 Å². The van der Waals surface area contributed by atoms with E-state index in [9.17, 15) is 5.11 Å². The molecule has 1 N–H and O–H groups in total. The molecule has 33 heavy (non-hydrogen) atoms. The molecule has 0 bridgehead atoms. The minimum atomic E-state index is -0.544. The van der Waals surface area contributed by atoms with E-state index in [1.807, 2.05) is 36.4 Å². The predicted molar refractivity (Wildman–Crippen MR) is 130 cm³/mol. The second-order valence-corrected chi connectivity index (χ2v) is 8.53. The van der Waals surface area contributed by atoms with Crippen molar-refractivity contribution in [3.05, 3.63) is 113 Å². The highest BCUT2D eigenvalue weighted by Crippen LogP contribution is 2.27. The van der Waals surface area contributed by atoms with Gasteiger partial charge >= 0.3 is 0 Å². The van der Waals surface area contributed by atoms with Crippen molar-refractivity contribution >= 4 is 0 Å². The van der Waals surface area contributed by atoms with Gasteiger partial charge in [-0.05, 0) is 35.4 Å². The Morgan fingerprint density at radius 1 is 0.939 bits per heavy atom. The van der Waals surface area contributed by atoms with Gasteiger partial charge in [0.05, 0.1) is 18.9 Å². The highest BCUT2D eigenvalue weighted by atomic mass is 16.5. The molecule has 0 radical (unpaired) electrons. The van der Waals surface area contributed by atoms with Crippen LogP contribution in [0.5, 0.6) is 5.75 Å². The summed E-state index contributed by atoms with van der Waals surface area (Å²) < 4.78 is 7.56. The van der Waals surface area contributed by atoms with Crippen molar-refractivity contribution in [3.63, 3.8) is 0 Å². The molecule has 5 nitrogen and oxygen atoms in total. The van der Waals surface area contributed by atoms with Crippen LogP contribution < -0.4 is 4.74 Å². The van der Waals surface area contributed by atoms with Crippen LogP contribution in [0.4, 0.5) is 0 Å². The highest BCUT2D eigenvalue weighted by molar-refractivity contribution is 5.40. The van der Waals surface area contributed by atoms with E-state index in [-0.39, 0.29) is 0 Å². The number of aliphatic hydroxyl groups excluding tert-OH is 1. The lowest BCUT2D eigenvalue weighted by Gasteiger charge is -2.29. The number of fused-ring (bicyclic) bond motifs is 1. The number of aromatic nitrogens is 2. The number of ether oxygens (including phenoxy) is 1. The van der Waals surface area contributed by atoms with Gasteiger partial charge in [-0.3, -0.25) is 4.90 Å². The van der Waals surface area contributed by atoms with E-state index in [2.05, 4.69) is 58.0 Å². The molecule has 1 aliphatic rings. The maximum absolute atomic E-state index is 10.8. The third-order valence-corrected chi connectivity index (χ3v) is 6.31. The lowest BCUT2D eigenvalue weighted by molar-refractivity contribution is 0.105. The van der Waals surface area contributed by atoms with E-state index < -0.39 is 6.10 Å². The molecule has 3 aromatic carbocycles. The summed E-state index contributed by atoms with van der Waals surface area (Å²) in [5.74, 6) is 1.86. The standard InChI is InChI=1S/C28H29N3O2/c1-33-24-14-12-22(13-15-24)27(32)20-30-17-16-26-25(19-30)29-28(18-21-8-4-2-5-9-21)31(26)23-10-6-3-7-11-23/h2-15,27,32H,16-20H2,1H3. The summed E-state index contributed by atoms with van der Waals surface area (Å²) in [6, 6.07) is 28.7. The quantitative estimate of drug-likeness (QED) is 0.459. The lowest BCUT2D eigenvalue weighted by Crippen LogP contribution is -2.34. The van der Waals surface area contributed by atoms with Gasteiger partial charge in [0.15, 0.2) is 0 Å². The summed E-state index contributed by atoms with van der Waals surface area (Å²) in [7, 11) is 1.65. The first-order valence-electron chi connectivity index (χ1n) is 11.4. The first kappa shape index (κ1) is 21.4. The summed E-state index contributed by atoms with van der Waals surface area (Å²) in [5.41, 5.74) is 5.70. The van der Waals surface area contributed by atoms with Crippen LogP contribution in [0.3, 0.4) is 0 Å². The molecular weight excluding hydrogens is 410 g/mol. The molecule has 0 aliphatic carbocycles. The number of para-hydroxylation sites is 1. The number of hydrogen-bond acceptors (Lipinski definition) is 4. The van der Waals surface area contributed by atoms with Gasteiger partial charge in [0.2, 0.25) is 0 Å². The van der Waals surface area contributed by atoms with Crippen molar-refractivity contribution in [3.8, 4) is 11.4 Å². The van der Waals surface area contributed by atoms with E-state index in [4.69, 9.17) is 9.72 Å². The Bertz CT molecular complexity index is 1190. The molecule has 0 amide bonds. The van der Waals surface area contributed by atoms with Gasteiger partial charge in [-0.2, -0.15) is 0 Å². The molecule has 5 heteroatoms. The minimum Gasteiger partial charge on any atom is -0.497 e. The van der Waals surface area contributed by atoms with Gasteiger partial charge in [-0.15, -0.1) is 0 Å². The van der Waals surface area contributed by atoms with Crippen LogP contribution in [0.1, 0.15) is 34.4 Å². The second-order valence-electron chi connectivity index (χ2n) is 8.53. The molecular formula is C28H29N3O2. The van der Waals surface area contributed by atoms with Crippen LogP contribution in [0, 0.1) is 0 Å². The fourth-order valence-electron chi connectivity index (χ4n) is 4.60. The number of benzene rings is 3. The number of β-amino-alcohol motifs (C(OH)–C–C–N with tert-alkyl or cyclic N) is 1. The molecule has 1 aliphatic heterocycles. The fourth-order valence-corrected chi connectivity index (χ4v) is 4.60. The molecule has 1 unspecified atom stereocenters. The summed E-state index contributed by atoms with van der Waals surface area (Å²) in [4.78, 5) is 7.40. The van der Waals surface area contributed by atoms with Gasteiger partial charge < -0.3 is 14.4 Å². The first-order valence-corrected chi connectivity index (χ1v) is 11.4. The van der Waals surface area contributed by atoms with Crippen molar-refractivity contribution in [2.45, 2.75) is 25.5 Å². The predicted octanol–water partition coefficient (Wildman–Crippen LogP) is 4.56. The van der Waals surface area contributed by atoms with Crippen LogP contribution in [0.15, 0.2) is 84.9 Å². The molecule has 0 saturated heterocycles. The Kier molecular flexibility index (Phi) is 6.24. The number of rotatable bonds is 7. The van der Waals surface area contributed by atoms with Crippen molar-refractivity contribution < 1.29 is 9.84 Å². The van der Waals surface area contributed by atoms with Crippen molar-refractivity contribution in [2.75, 3.05) is 20.2 Å². The largest absolute Gasteiger partial charge is 0.497 e. The highest BCUT2D eigenvalue weighted by Gasteiger charge is 2.26. The Balaban J connectivity index is 1.39. The minimum absolute atomic E-state index is 0.544. The molecule has 1 aromatic heterocycles. The number of methoxy groups -OCH3 is 1.